The molecule has 0 bridgehead atoms. The third-order valence-corrected chi connectivity index (χ3v) is 9.18. The van der Waals surface area contributed by atoms with Crippen LogP contribution in [0.5, 0.6) is 0 Å². The zero-order valence-corrected chi connectivity index (χ0v) is 15.3. The monoisotopic (exact) mass is 310 g/mol. The van der Waals surface area contributed by atoms with Crippen molar-refractivity contribution in [2.24, 2.45) is 0 Å². The Labute approximate surface area is 120 Å². The van der Waals surface area contributed by atoms with E-state index < -0.39 is 17.1 Å². The Morgan fingerprint density at radius 2 is 1.00 bits per heavy atom. The predicted octanol–water partition coefficient (Wildman–Crippen LogP) is 2.37. The molecule has 0 aromatic heterocycles. The molecule has 0 spiro atoms. The van der Waals surface area contributed by atoms with Gasteiger partial charge < -0.3 is 22.4 Å². The van der Waals surface area contributed by atoms with Crippen LogP contribution in [-0.2, 0) is 22.4 Å². The first-order valence-electron chi connectivity index (χ1n) is 7.08. The minimum absolute atomic E-state index is 0.527. The fourth-order valence-electron chi connectivity index (χ4n) is 1.84. The molecule has 0 aliphatic carbocycles. The summed E-state index contributed by atoms with van der Waals surface area (Å²) in [5.74, 6) is 0. The van der Waals surface area contributed by atoms with Crippen LogP contribution in [0.3, 0.4) is 0 Å². The van der Waals surface area contributed by atoms with Crippen molar-refractivity contribution in [3.8, 4) is 0 Å². The van der Waals surface area contributed by atoms with E-state index in [1.807, 2.05) is 40.8 Å². The van der Waals surface area contributed by atoms with E-state index in [1.165, 1.54) is 0 Å². The van der Waals surface area contributed by atoms with Crippen molar-refractivity contribution in [2.75, 3.05) is 38.9 Å². The average Bonchev–Trinajstić information content (AvgIpc) is 2.34. The fraction of sp³-hybridized carbons (Fsp3) is 1.00. The Kier molecular flexibility index (Phi) is 10.2. The lowest BCUT2D eigenvalue weighted by atomic mass is 10.9. The summed E-state index contributed by atoms with van der Waals surface area (Å²) in [6.07, 6.45) is 1.05. The number of hydrogen-bond donors (Lipinski definition) is 0. The molecule has 0 radical (unpaired) electrons. The average molecular weight is 311 g/mol. The Balaban J connectivity index is 4.70. The van der Waals surface area contributed by atoms with Crippen LogP contribution in [0.15, 0.2) is 0 Å². The van der Waals surface area contributed by atoms with Crippen LogP contribution in [0.1, 0.15) is 27.7 Å². The predicted molar refractivity (Wildman–Crippen MR) is 80.6 cm³/mol. The minimum Gasteiger partial charge on any atom is -0.412 e. The standard InChI is InChI=1S/C12H30O5Si2/c1-7-13-11-18(5,15-9-3)17-19(6,16-10-4)12-14-8-2/h7-12H2,1-6H3. The number of rotatable bonds is 12. The van der Waals surface area contributed by atoms with Crippen molar-refractivity contribution in [3.63, 3.8) is 0 Å². The van der Waals surface area contributed by atoms with Gasteiger partial charge in [0.2, 0.25) is 0 Å². The van der Waals surface area contributed by atoms with Crippen LogP contribution >= 0.6 is 0 Å². The van der Waals surface area contributed by atoms with Gasteiger partial charge >= 0.3 is 17.1 Å². The zero-order chi connectivity index (χ0) is 14.8. The molecule has 0 aromatic rings. The van der Waals surface area contributed by atoms with E-state index in [9.17, 15) is 0 Å². The Bertz CT molecular complexity index is 210. The van der Waals surface area contributed by atoms with Crippen LogP contribution in [0, 0.1) is 0 Å². The maximum absolute atomic E-state index is 6.29. The minimum atomic E-state index is -2.36. The lowest BCUT2D eigenvalue weighted by Crippen LogP contribution is -2.57. The van der Waals surface area contributed by atoms with Gasteiger partial charge in [-0.2, -0.15) is 0 Å². The van der Waals surface area contributed by atoms with Crippen molar-refractivity contribution >= 4 is 17.1 Å². The first-order valence-corrected chi connectivity index (χ1v) is 12.1. The van der Waals surface area contributed by atoms with Crippen LogP contribution in [0.2, 0.25) is 13.1 Å². The summed E-state index contributed by atoms with van der Waals surface area (Å²) in [7, 11) is -4.72. The maximum atomic E-state index is 6.29. The summed E-state index contributed by atoms with van der Waals surface area (Å²) in [6.45, 7) is 14.5. The third-order valence-electron chi connectivity index (χ3n) is 2.47. The molecule has 19 heavy (non-hydrogen) atoms. The summed E-state index contributed by atoms with van der Waals surface area (Å²) in [6, 6.07) is 0. The molecule has 116 valence electrons. The number of hydrogen-bond acceptors (Lipinski definition) is 5. The van der Waals surface area contributed by atoms with Crippen molar-refractivity contribution < 1.29 is 22.4 Å². The van der Waals surface area contributed by atoms with Crippen LogP contribution in [0.25, 0.3) is 0 Å². The Morgan fingerprint density at radius 3 is 1.26 bits per heavy atom. The molecule has 5 nitrogen and oxygen atoms in total. The van der Waals surface area contributed by atoms with Gasteiger partial charge in [-0.25, -0.2) is 0 Å². The largest absolute Gasteiger partial charge is 0.412 e. The second-order valence-corrected chi connectivity index (χ2v) is 11.0. The van der Waals surface area contributed by atoms with Gasteiger partial charge in [0.15, 0.2) is 0 Å². The first-order chi connectivity index (χ1) is 8.95. The zero-order valence-electron chi connectivity index (χ0n) is 13.3. The first kappa shape index (κ1) is 19.2. The third kappa shape index (κ3) is 8.18. The fourth-order valence-corrected chi connectivity index (χ4v) is 8.98. The van der Waals surface area contributed by atoms with E-state index in [0.717, 1.165) is 0 Å². The maximum Gasteiger partial charge on any atom is 0.352 e. The molecule has 7 heteroatoms. The van der Waals surface area contributed by atoms with Crippen molar-refractivity contribution in [1.29, 1.82) is 0 Å². The van der Waals surface area contributed by atoms with E-state index in [0.29, 0.717) is 38.9 Å². The highest BCUT2D eigenvalue weighted by Gasteiger charge is 2.43. The summed E-state index contributed by atoms with van der Waals surface area (Å²) >= 11 is 0. The lowest BCUT2D eigenvalue weighted by molar-refractivity contribution is 0.108. The van der Waals surface area contributed by atoms with E-state index >= 15 is 0 Å². The highest BCUT2D eigenvalue weighted by molar-refractivity contribution is 6.80. The lowest BCUT2D eigenvalue weighted by Gasteiger charge is -2.36. The number of ether oxygens (including phenoxy) is 2. The van der Waals surface area contributed by atoms with Crippen LogP contribution in [0.4, 0.5) is 0 Å². The molecule has 0 aliphatic rings. The molecule has 0 fully saturated rings. The summed E-state index contributed by atoms with van der Waals surface area (Å²) in [4.78, 5) is 0. The molecular formula is C12H30O5Si2. The summed E-state index contributed by atoms with van der Waals surface area (Å²) in [5.41, 5.74) is 0. The van der Waals surface area contributed by atoms with Crippen molar-refractivity contribution in [1.82, 2.24) is 0 Å². The molecule has 0 heterocycles. The highest BCUT2D eigenvalue weighted by Crippen LogP contribution is 2.18. The van der Waals surface area contributed by atoms with Gasteiger partial charge in [-0.15, -0.1) is 0 Å². The van der Waals surface area contributed by atoms with Crippen molar-refractivity contribution in [3.05, 3.63) is 0 Å². The molecule has 0 N–H and O–H groups in total. The van der Waals surface area contributed by atoms with Gasteiger partial charge in [0.05, 0.1) is 12.5 Å². The van der Waals surface area contributed by atoms with Gasteiger partial charge in [-0.3, -0.25) is 0 Å². The summed E-state index contributed by atoms with van der Waals surface area (Å²) < 4.78 is 29.0. The van der Waals surface area contributed by atoms with E-state index in [-0.39, 0.29) is 0 Å². The van der Waals surface area contributed by atoms with Gasteiger partial charge in [0, 0.05) is 26.4 Å². The second kappa shape index (κ2) is 10.0. The second-order valence-electron chi connectivity index (χ2n) is 4.51. The van der Waals surface area contributed by atoms with E-state index in [2.05, 4.69) is 0 Å². The molecule has 0 aliphatic heterocycles. The topological polar surface area (TPSA) is 46.2 Å². The molecule has 0 saturated carbocycles. The molecular weight excluding hydrogens is 280 g/mol. The van der Waals surface area contributed by atoms with Gasteiger partial charge in [-0.1, -0.05) is 0 Å². The van der Waals surface area contributed by atoms with Gasteiger partial charge in [0.25, 0.3) is 0 Å². The molecule has 0 rings (SSSR count). The smallest absolute Gasteiger partial charge is 0.352 e. The molecule has 0 aromatic carbocycles. The Hall–Kier alpha value is 0.234. The van der Waals surface area contributed by atoms with Crippen molar-refractivity contribution in [2.45, 2.75) is 40.8 Å². The van der Waals surface area contributed by atoms with Crippen LogP contribution < -0.4 is 0 Å². The van der Waals surface area contributed by atoms with Gasteiger partial charge in [0.1, 0.15) is 0 Å². The van der Waals surface area contributed by atoms with E-state index in [1.54, 1.807) is 0 Å². The van der Waals surface area contributed by atoms with Gasteiger partial charge in [-0.05, 0) is 40.8 Å². The highest BCUT2D eigenvalue weighted by atomic mass is 28.5. The molecule has 2 unspecified atom stereocenters. The molecule has 2 atom stereocenters. The normalized spacial score (nSPS) is 18.0. The van der Waals surface area contributed by atoms with Crippen LogP contribution in [-0.4, -0.2) is 56.0 Å². The molecule has 0 saturated heterocycles. The van der Waals surface area contributed by atoms with E-state index in [4.69, 9.17) is 22.4 Å². The summed E-state index contributed by atoms with van der Waals surface area (Å²) in [5, 5.41) is 0. The quantitative estimate of drug-likeness (QED) is 0.518. The molecule has 0 amide bonds. The Morgan fingerprint density at radius 1 is 0.632 bits per heavy atom. The SMILES string of the molecule is CCOC[Si](C)(OCC)O[Si](C)(COCC)OCC.